The number of nitrogens with zero attached hydrogens (tertiary/aromatic N) is 2. The molecule has 0 saturated carbocycles. The number of pyridine rings is 1. The van der Waals surface area contributed by atoms with Gasteiger partial charge in [0.1, 0.15) is 12.4 Å². The lowest BCUT2D eigenvalue weighted by atomic mass is 9.99. The minimum Gasteiger partial charge on any atom is -0.489 e. The molecular weight excluding hydrogens is 496 g/mol. The number of aryl methyl sites for hydroxylation is 1. The normalized spacial score (nSPS) is 14.6. The number of rotatable bonds is 10. The summed E-state index contributed by atoms with van der Waals surface area (Å²) in [7, 11) is 0. The number of amides is 3. The first-order chi connectivity index (χ1) is 18.8. The lowest BCUT2D eigenvalue weighted by Crippen LogP contribution is -2.46. The summed E-state index contributed by atoms with van der Waals surface area (Å²) in [4.78, 5) is 43.0. The van der Waals surface area contributed by atoms with E-state index in [0.29, 0.717) is 56.7 Å². The van der Waals surface area contributed by atoms with Gasteiger partial charge in [-0.15, -0.1) is 0 Å². The summed E-state index contributed by atoms with van der Waals surface area (Å²) < 4.78 is 6.01. The smallest absolute Gasteiger partial charge is 0.251 e. The van der Waals surface area contributed by atoms with Crippen LogP contribution >= 0.6 is 0 Å². The molecular formula is C30H36N4O5. The molecule has 0 aliphatic carbocycles. The van der Waals surface area contributed by atoms with Gasteiger partial charge in [-0.3, -0.25) is 24.6 Å². The molecule has 2 heterocycles. The summed E-state index contributed by atoms with van der Waals surface area (Å²) in [5.41, 5.74) is 5.12. The van der Waals surface area contributed by atoms with E-state index in [1.165, 1.54) is 0 Å². The minimum atomic E-state index is -0.443. The van der Waals surface area contributed by atoms with Gasteiger partial charge in [0.15, 0.2) is 0 Å². The Morgan fingerprint density at radius 3 is 2.54 bits per heavy atom. The fraction of sp³-hybridized carbons (Fsp3) is 0.400. The Bertz CT molecular complexity index is 1300. The van der Waals surface area contributed by atoms with Gasteiger partial charge >= 0.3 is 0 Å². The number of carbonyl (C=O) groups excluding carboxylic acids is 3. The van der Waals surface area contributed by atoms with Gasteiger partial charge in [-0.1, -0.05) is 25.1 Å². The highest BCUT2D eigenvalue weighted by molar-refractivity contribution is 5.94. The second-order valence-electron chi connectivity index (χ2n) is 10.3. The van der Waals surface area contributed by atoms with E-state index >= 15 is 0 Å². The van der Waals surface area contributed by atoms with Crippen molar-refractivity contribution >= 4 is 28.6 Å². The van der Waals surface area contributed by atoms with Crippen LogP contribution in [0.15, 0.2) is 54.6 Å². The van der Waals surface area contributed by atoms with Gasteiger partial charge in [-0.25, -0.2) is 5.48 Å². The maximum absolute atomic E-state index is 12.8. The van der Waals surface area contributed by atoms with E-state index in [2.05, 4.69) is 10.3 Å². The number of hydrogen-bond donors (Lipinski definition) is 3. The lowest BCUT2D eigenvalue weighted by molar-refractivity contribution is -0.134. The third kappa shape index (κ3) is 7.77. The highest BCUT2D eigenvalue weighted by atomic mass is 16.5. The third-order valence-electron chi connectivity index (χ3n) is 7.14. The molecule has 1 atom stereocenters. The van der Waals surface area contributed by atoms with E-state index in [-0.39, 0.29) is 30.2 Å². The van der Waals surface area contributed by atoms with Crippen molar-refractivity contribution in [2.45, 2.75) is 58.6 Å². The molecule has 1 aliphatic rings. The molecule has 4 rings (SSSR count). The Kier molecular flexibility index (Phi) is 9.49. The van der Waals surface area contributed by atoms with Gasteiger partial charge in [0, 0.05) is 54.2 Å². The Morgan fingerprint density at radius 2 is 1.82 bits per heavy atom. The van der Waals surface area contributed by atoms with E-state index in [4.69, 9.17) is 9.94 Å². The van der Waals surface area contributed by atoms with Gasteiger partial charge in [0.2, 0.25) is 11.8 Å². The van der Waals surface area contributed by atoms with Crippen LogP contribution in [0, 0.1) is 12.8 Å². The molecule has 1 unspecified atom stereocenters. The van der Waals surface area contributed by atoms with Crippen molar-refractivity contribution in [1.29, 1.82) is 0 Å². The molecule has 1 fully saturated rings. The van der Waals surface area contributed by atoms with Crippen LogP contribution in [0.1, 0.15) is 60.6 Å². The third-order valence-corrected chi connectivity index (χ3v) is 7.14. The Hall–Kier alpha value is -3.98. The fourth-order valence-electron chi connectivity index (χ4n) is 4.88. The molecule has 206 valence electrons. The van der Waals surface area contributed by atoms with Gasteiger partial charge < -0.3 is 15.0 Å². The molecule has 3 N–H and O–H groups in total. The van der Waals surface area contributed by atoms with Crippen LogP contribution in [0.25, 0.3) is 10.9 Å². The van der Waals surface area contributed by atoms with Crippen molar-refractivity contribution in [3.05, 3.63) is 71.4 Å². The predicted octanol–water partition coefficient (Wildman–Crippen LogP) is 4.15. The lowest BCUT2D eigenvalue weighted by Gasteiger charge is -2.33. The second-order valence-corrected chi connectivity index (χ2v) is 10.3. The molecule has 1 aromatic heterocycles. The first-order valence-electron chi connectivity index (χ1n) is 13.4. The Morgan fingerprint density at radius 1 is 1.10 bits per heavy atom. The van der Waals surface area contributed by atoms with Crippen LogP contribution in [0.2, 0.25) is 0 Å². The number of benzene rings is 2. The zero-order valence-corrected chi connectivity index (χ0v) is 22.5. The standard InChI is InChI=1S/C30H36N4O5/c1-20(7-12-28(35)33-38)17-29(36)34-15-13-24(14-16-34)32-30(37)22-8-10-25(11-9-22)39-19-23-18-21(2)31-27-6-4-3-5-26(23)27/h3-6,8-11,18,20,24,38H,7,12-17,19H2,1-2H3,(H,32,37)(H,33,35). The maximum Gasteiger partial charge on any atom is 0.251 e. The van der Waals surface area contributed by atoms with Crippen LogP contribution < -0.4 is 15.5 Å². The number of fused-ring (bicyclic) bond motifs is 1. The molecule has 3 amide bonds. The Labute approximate surface area is 228 Å². The number of nitrogens with one attached hydrogen (secondary N) is 2. The summed E-state index contributed by atoms with van der Waals surface area (Å²) in [5, 5.41) is 12.7. The van der Waals surface area contributed by atoms with Crippen LogP contribution in [0.4, 0.5) is 0 Å². The van der Waals surface area contributed by atoms with E-state index in [9.17, 15) is 14.4 Å². The summed E-state index contributed by atoms with van der Waals surface area (Å²) in [6.07, 6.45) is 2.47. The summed E-state index contributed by atoms with van der Waals surface area (Å²) in [6.45, 7) is 5.47. The molecule has 0 bridgehead atoms. The average Bonchev–Trinajstić information content (AvgIpc) is 2.95. The minimum absolute atomic E-state index is 0.00589. The van der Waals surface area contributed by atoms with E-state index in [1.54, 1.807) is 29.7 Å². The van der Waals surface area contributed by atoms with Crippen molar-refractivity contribution in [1.82, 2.24) is 20.7 Å². The van der Waals surface area contributed by atoms with Crippen LogP contribution in [0.5, 0.6) is 5.75 Å². The second kappa shape index (κ2) is 13.2. The van der Waals surface area contributed by atoms with Gasteiger partial charge in [0.25, 0.3) is 5.91 Å². The predicted molar refractivity (Wildman–Crippen MR) is 147 cm³/mol. The highest BCUT2D eigenvalue weighted by Gasteiger charge is 2.25. The molecule has 2 aromatic carbocycles. The molecule has 0 radical (unpaired) electrons. The van der Waals surface area contributed by atoms with Crippen molar-refractivity contribution in [2.24, 2.45) is 5.92 Å². The average molecular weight is 533 g/mol. The number of hydroxylamine groups is 1. The number of aromatic nitrogens is 1. The summed E-state index contributed by atoms with van der Waals surface area (Å²) in [6, 6.07) is 17.2. The zero-order valence-electron chi connectivity index (χ0n) is 22.5. The highest BCUT2D eigenvalue weighted by Crippen LogP contribution is 2.22. The van der Waals surface area contributed by atoms with E-state index in [1.807, 2.05) is 49.1 Å². The van der Waals surface area contributed by atoms with Crippen LogP contribution in [-0.4, -0.2) is 51.9 Å². The fourth-order valence-corrected chi connectivity index (χ4v) is 4.88. The van der Waals surface area contributed by atoms with E-state index < -0.39 is 5.91 Å². The number of para-hydroxylation sites is 1. The number of hydrogen-bond acceptors (Lipinski definition) is 6. The van der Waals surface area contributed by atoms with Gasteiger partial charge in [0.05, 0.1) is 5.52 Å². The van der Waals surface area contributed by atoms with Gasteiger partial charge in [-0.05, 0) is 68.5 Å². The molecule has 39 heavy (non-hydrogen) atoms. The largest absolute Gasteiger partial charge is 0.489 e. The van der Waals surface area contributed by atoms with Crippen molar-refractivity contribution < 1.29 is 24.3 Å². The topological polar surface area (TPSA) is 121 Å². The molecule has 1 aliphatic heterocycles. The van der Waals surface area contributed by atoms with Crippen molar-refractivity contribution in [3.63, 3.8) is 0 Å². The number of piperidine rings is 1. The molecule has 0 spiro atoms. The number of carbonyl (C=O) groups is 3. The Balaban J connectivity index is 1.22. The quantitative estimate of drug-likeness (QED) is 0.266. The van der Waals surface area contributed by atoms with Crippen molar-refractivity contribution in [3.8, 4) is 5.75 Å². The van der Waals surface area contributed by atoms with Crippen LogP contribution in [0.3, 0.4) is 0 Å². The molecule has 3 aromatic rings. The van der Waals surface area contributed by atoms with Crippen molar-refractivity contribution in [2.75, 3.05) is 13.1 Å². The SMILES string of the molecule is Cc1cc(COc2ccc(C(=O)NC3CCN(C(=O)CC(C)CCC(=O)NO)CC3)cc2)c2ccccc2n1. The monoisotopic (exact) mass is 532 g/mol. The van der Waals surface area contributed by atoms with Crippen LogP contribution in [-0.2, 0) is 16.2 Å². The molecule has 1 saturated heterocycles. The summed E-state index contributed by atoms with van der Waals surface area (Å²) >= 11 is 0. The maximum atomic E-state index is 12.8. The first kappa shape index (κ1) is 28.0. The van der Waals surface area contributed by atoms with Gasteiger partial charge in [-0.2, -0.15) is 0 Å². The van der Waals surface area contributed by atoms with E-state index in [0.717, 1.165) is 22.2 Å². The number of likely N-dealkylation sites (tertiary alicyclic amines) is 1. The zero-order chi connectivity index (χ0) is 27.8. The summed E-state index contributed by atoms with van der Waals surface area (Å²) in [5.74, 6) is 0.206. The number of ether oxygens (including phenoxy) is 1. The molecule has 9 heteroatoms. The molecule has 9 nitrogen and oxygen atoms in total. The first-order valence-corrected chi connectivity index (χ1v) is 13.4.